The minimum Gasteiger partial charge on any atom is -0.462 e. The normalized spacial score (nSPS) is 18.3. The number of ether oxygens (including phenoxy) is 1. The Balaban J connectivity index is 2.35. The lowest BCUT2D eigenvalue weighted by Crippen LogP contribution is -2.38. The Hall–Kier alpha value is -1.75. The van der Waals surface area contributed by atoms with Crippen molar-refractivity contribution in [1.29, 1.82) is 0 Å². The standard InChI is InChI=1S/C16H25N3O2/c1-4-21-16(20)13-8-5-9-14(17)15(13)19-10-6-7-12(19)11-18(2)3/h5,8-9,12H,4,6-7,10-11,17H2,1-3H3. The van der Waals surface area contributed by atoms with Gasteiger partial charge in [0.25, 0.3) is 0 Å². The van der Waals surface area contributed by atoms with Crippen molar-refractivity contribution in [3.05, 3.63) is 23.8 Å². The molecule has 0 amide bonds. The maximum absolute atomic E-state index is 12.2. The maximum atomic E-state index is 12.2. The Bertz CT molecular complexity index is 502. The molecule has 1 unspecified atom stereocenters. The van der Waals surface area contributed by atoms with Gasteiger partial charge >= 0.3 is 5.97 Å². The van der Waals surface area contributed by atoms with Crippen LogP contribution in [0.15, 0.2) is 18.2 Å². The van der Waals surface area contributed by atoms with Gasteiger partial charge in [0.1, 0.15) is 0 Å². The highest BCUT2D eigenvalue weighted by atomic mass is 16.5. The summed E-state index contributed by atoms with van der Waals surface area (Å²) in [4.78, 5) is 16.6. The second-order valence-electron chi connectivity index (χ2n) is 5.72. The number of para-hydroxylation sites is 1. The van der Waals surface area contributed by atoms with Gasteiger partial charge in [-0.2, -0.15) is 0 Å². The van der Waals surface area contributed by atoms with E-state index in [2.05, 4.69) is 23.9 Å². The molecule has 0 aromatic heterocycles. The number of rotatable bonds is 5. The van der Waals surface area contributed by atoms with Crippen molar-refractivity contribution in [2.75, 3.05) is 44.4 Å². The average Bonchev–Trinajstić information content (AvgIpc) is 2.85. The van der Waals surface area contributed by atoms with Gasteiger partial charge in [-0.15, -0.1) is 0 Å². The number of esters is 1. The first kappa shape index (κ1) is 15.6. The Kier molecular flexibility index (Phi) is 5.07. The molecule has 1 aromatic carbocycles. The first-order chi connectivity index (χ1) is 10.0. The van der Waals surface area contributed by atoms with E-state index < -0.39 is 0 Å². The number of hydrogen-bond acceptors (Lipinski definition) is 5. The minimum absolute atomic E-state index is 0.296. The summed E-state index contributed by atoms with van der Waals surface area (Å²) in [6.07, 6.45) is 2.24. The molecule has 1 aliphatic rings. The fourth-order valence-corrected chi connectivity index (χ4v) is 3.00. The van der Waals surface area contributed by atoms with Crippen molar-refractivity contribution in [1.82, 2.24) is 4.90 Å². The molecule has 21 heavy (non-hydrogen) atoms. The molecule has 1 atom stereocenters. The highest BCUT2D eigenvalue weighted by molar-refractivity contribution is 5.99. The van der Waals surface area contributed by atoms with Gasteiger partial charge in [-0.05, 0) is 46.0 Å². The van der Waals surface area contributed by atoms with Gasteiger partial charge in [-0.3, -0.25) is 0 Å². The molecule has 5 nitrogen and oxygen atoms in total. The van der Waals surface area contributed by atoms with E-state index in [1.165, 1.54) is 0 Å². The zero-order chi connectivity index (χ0) is 15.4. The summed E-state index contributed by atoms with van der Waals surface area (Å²) < 4.78 is 5.17. The maximum Gasteiger partial charge on any atom is 0.340 e. The smallest absolute Gasteiger partial charge is 0.340 e. The Morgan fingerprint density at radius 1 is 1.48 bits per heavy atom. The van der Waals surface area contributed by atoms with E-state index >= 15 is 0 Å². The molecule has 1 saturated heterocycles. The van der Waals surface area contributed by atoms with Gasteiger partial charge in [0.2, 0.25) is 0 Å². The van der Waals surface area contributed by atoms with E-state index in [4.69, 9.17) is 10.5 Å². The molecule has 0 bridgehead atoms. The van der Waals surface area contributed by atoms with Crippen molar-refractivity contribution in [2.45, 2.75) is 25.8 Å². The molecular formula is C16H25N3O2. The molecular weight excluding hydrogens is 266 g/mol. The summed E-state index contributed by atoms with van der Waals surface area (Å²) in [6.45, 7) is 4.07. The van der Waals surface area contributed by atoms with Gasteiger partial charge in [0.15, 0.2) is 0 Å². The van der Waals surface area contributed by atoms with Crippen LogP contribution in [-0.2, 0) is 4.74 Å². The fraction of sp³-hybridized carbons (Fsp3) is 0.562. The number of nitrogen functional groups attached to an aromatic ring is 1. The lowest BCUT2D eigenvalue weighted by Gasteiger charge is -2.31. The van der Waals surface area contributed by atoms with Crippen molar-refractivity contribution in [3.63, 3.8) is 0 Å². The van der Waals surface area contributed by atoms with Crippen molar-refractivity contribution in [2.24, 2.45) is 0 Å². The van der Waals surface area contributed by atoms with Crippen LogP contribution in [0.4, 0.5) is 11.4 Å². The van der Waals surface area contributed by atoms with Gasteiger partial charge in [-0.25, -0.2) is 4.79 Å². The second-order valence-corrected chi connectivity index (χ2v) is 5.72. The molecule has 1 aliphatic heterocycles. The Morgan fingerprint density at radius 2 is 2.24 bits per heavy atom. The van der Waals surface area contributed by atoms with E-state index in [9.17, 15) is 4.79 Å². The number of hydrogen-bond donors (Lipinski definition) is 1. The number of anilines is 2. The van der Waals surface area contributed by atoms with Gasteiger partial charge in [-0.1, -0.05) is 6.07 Å². The Morgan fingerprint density at radius 3 is 2.90 bits per heavy atom. The zero-order valence-electron chi connectivity index (χ0n) is 13.1. The molecule has 0 radical (unpaired) electrons. The van der Waals surface area contributed by atoms with Crippen LogP contribution in [0.3, 0.4) is 0 Å². The lowest BCUT2D eigenvalue weighted by molar-refractivity contribution is 0.0527. The average molecular weight is 291 g/mol. The van der Waals surface area contributed by atoms with E-state index in [1.807, 2.05) is 19.1 Å². The third-order valence-electron chi connectivity index (χ3n) is 3.80. The lowest BCUT2D eigenvalue weighted by atomic mass is 10.1. The first-order valence-electron chi connectivity index (χ1n) is 7.51. The molecule has 0 spiro atoms. The third kappa shape index (κ3) is 3.47. The van der Waals surface area contributed by atoms with Crippen LogP contribution in [0.25, 0.3) is 0 Å². The first-order valence-corrected chi connectivity index (χ1v) is 7.51. The van der Waals surface area contributed by atoms with Crippen LogP contribution in [0, 0.1) is 0 Å². The van der Waals surface area contributed by atoms with E-state index in [1.54, 1.807) is 6.07 Å². The summed E-state index contributed by atoms with van der Waals surface area (Å²) in [5.41, 5.74) is 8.22. The molecule has 2 N–H and O–H groups in total. The number of carbonyl (C=O) groups excluding carboxylic acids is 1. The molecule has 1 aromatic rings. The van der Waals surface area contributed by atoms with Crippen molar-refractivity contribution < 1.29 is 9.53 Å². The molecule has 0 aliphatic carbocycles. The van der Waals surface area contributed by atoms with E-state index in [0.717, 1.165) is 31.6 Å². The molecule has 116 valence electrons. The van der Waals surface area contributed by atoms with Crippen LogP contribution in [0.5, 0.6) is 0 Å². The van der Waals surface area contributed by atoms with Crippen LogP contribution in [0.1, 0.15) is 30.1 Å². The van der Waals surface area contributed by atoms with Crippen LogP contribution < -0.4 is 10.6 Å². The summed E-state index contributed by atoms with van der Waals surface area (Å²) in [7, 11) is 4.13. The predicted molar refractivity (Wildman–Crippen MR) is 85.7 cm³/mol. The van der Waals surface area contributed by atoms with Gasteiger partial charge < -0.3 is 20.3 Å². The second kappa shape index (κ2) is 6.80. The quantitative estimate of drug-likeness (QED) is 0.664. The zero-order valence-corrected chi connectivity index (χ0v) is 13.1. The molecule has 0 saturated carbocycles. The molecule has 5 heteroatoms. The molecule has 2 rings (SSSR count). The van der Waals surface area contributed by atoms with E-state index in [0.29, 0.717) is 23.9 Å². The number of nitrogens with two attached hydrogens (primary N) is 1. The number of benzene rings is 1. The van der Waals surface area contributed by atoms with Gasteiger partial charge in [0.05, 0.1) is 23.5 Å². The largest absolute Gasteiger partial charge is 0.462 e. The number of likely N-dealkylation sites (N-methyl/N-ethyl adjacent to an activating group) is 1. The predicted octanol–water partition coefficient (Wildman–Crippen LogP) is 1.98. The van der Waals surface area contributed by atoms with E-state index in [-0.39, 0.29) is 5.97 Å². The number of carbonyl (C=O) groups is 1. The summed E-state index contributed by atoms with van der Waals surface area (Å²) in [6, 6.07) is 5.85. The molecule has 1 fully saturated rings. The van der Waals surface area contributed by atoms with Crippen LogP contribution in [-0.4, -0.2) is 50.7 Å². The minimum atomic E-state index is -0.296. The summed E-state index contributed by atoms with van der Waals surface area (Å²) in [5, 5.41) is 0. The highest BCUT2D eigenvalue weighted by Gasteiger charge is 2.30. The van der Waals surface area contributed by atoms with Crippen LogP contribution >= 0.6 is 0 Å². The summed E-state index contributed by atoms with van der Waals surface area (Å²) in [5.74, 6) is -0.296. The van der Waals surface area contributed by atoms with Gasteiger partial charge in [0, 0.05) is 19.1 Å². The molecule has 1 heterocycles. The SMILES string of the molecule is CCOC(=O)c1cccc(N)c1N1CCCC1CN(C)C. The highest BCUT2D eigenvalue weighted by Crippen LogP contribution is 2.34. The fourth-order valence-electron chi connectivity index (χ4n) is 3.00. The monoisotopic (exact) mass is 291 g/mol. The van der Waals surface area contributed by atoms with Crippen molar-refractivity contribution >= 4 is 17.3 Å². The van der Waals surface area contributed by atoms with Crippen LogP contribution in [0.2, 0.25) is 0 Å². The number of nitrogens with zero attached hydrogens (tertiary/aromatic N) is 2. The third-order valence-corrected chi connectivity index (χ3v) is 3.80. The summed E-state index contributed by atoms with van der Waals surface area (Å²) >= 11 is 0. The Labute approximate surface area is 126 Å². The topological polar surface area (TPSA) is 58.8 Å². The van der Waals surface area contributed by atoms with Crippen molar-refractivity contribution in [3.8, 4) is 0 Å².